The predicted octanol–water partition coefficient (Wildman–Crippen LogP) is 2.66. The Labute approximate surface area is 122 Å². The Morgan fingerprint density at radius 3 is 2.45 bits per heavy atom. The van der Waals surface area contributed by atoms with E-state index in [1.54, 1.807) is 0 Å². The Balaban J connectivity index is 3.27. The van der Waals surface area contributed by atoms with Crippen molar-refractivity contribution in [1.29, 1.82) is 5.41 Å². The topological polar surface area (TPSA) is 49.9 Å². The maximum atomic E-state index is 7.71. The first kappa shape index (κ1) is 16.2. The van der Waals surface area contributed by atoms with Crippen LogP contribution in [0.2, 0.25) is 0 Å². The van der Waals surface area contributed by atoms with Gasteiger partial charge in [0.2, 0.25) is 0 Å². The first-order chi connectivity index (χ1) is 9.23. The van der Waals surface area contributed by atoms with E-state index in [1.807, 2.05) is 20.8 Å². The molecule has 0 aliphatic heterocycles. The average Bonchev–Trinajstić information content (AvgIpc) is 2.37. The quantitative estimate of drug-likeness (QED) is 0.812. The second kappa shape index (κ2) is 6.56. The number of hydrogen-bond acceptors (Lipinski definition) is 2. The van der Waals surface area contributed by atoms with Crippen LogP contribution < -0.4 is 16.2 Å². The van der Waals surface area contributed by atoms with Gasteiger partial charge < -0.3 is 11.1 Å². The fourth-order valence-corrected chi connectivity index (χ4v) is 2.01. The van der Waals surface area contributed by atoms with Crippen LogP contribution >= 0.6 is 0 Å². The second-order valence-corrected chi connectivity index (χ2v) is 5.72. The molecule has 2 heteroatoms. The van der Waals surface area contributed by atoms with Gasteiger partial charge in [0.15, 0.2) is 0 Å². The van der Waals surface area contributed by atoms with Crippen LogP contribution in [-0.4, -0.2) is 5.71 Å². The molecule has 3 N–H and O–H groups in total. The zero-order chi connectivity index (χ0) is 15.4. The van der Waals surface area contributed by atoms with Crippen molar-refractivity contribution in [2.24, 2.45) is 11.7 Å². The lowest BCUT2D eigenvalue weighted by Gasteiger charge is -2.12. The predicted molar refractivity (Wildman–Crippen MR) is 89.2 cm³/mol. The third kappa shape index (κ3) is 3.83. The molecule has 20 heavy (non-hydrogen) atoms. The van der Waals surface area contributed by atoms with Crippen molar-refractivity contribution in [2.45, 2.75) is 41.0 Å². The third-order valence-electron chi connectivity index (χ3n) is 4.01. The van der Waals surface area contributed by atoms with Crippen molar-refractivity contribution in [3.63, 3.8) is 0 Å². The Hall–Kier alpha value is -1.83. The van der Waals surface area contributed by atoms with Gasteiger partial charge in [-0.3, -0.25) is 0 Å². The van der Waals surface area contributed by atoms with Crippen LogP contribution in [0.3, 0.4) is 0 Å². The van der Waals surface area contributed by atoms with E-state index in [-0.39, 0.29) is 5.92 Å². The van der Waals surface area contributed by atoms with Crippen molar-refractivity contribution in [3.8, 4) is 0 Å². The Bertz CT molecular complexity index is 647. The Kier molecular flexibility index (Phi) is 5.32. The summed E-state index contributed by atoms with van der Waals surface area (Å²) in [4.78, 5) is 0. The van der Waals surface area contributed by atoms with E-state index in [2.05, 4.69) is 38.6 Å². The number of benzene rings is 1. The Morgan fingerprint density at radius 2 is 1.95 bits per heavy atom. The highest BCUT2D eigenvalue weighted by Gasteiger charge is 2.08. The fourth-order valence-electron chi connectivity index (χ4n) is 2.01. The zero-order valence-electron chi connectivity index (χ0n) is 13.3. The van der Waals surface area contributed by atoms with Gasteiger partial charge in [-0.15, -0.1) is 0 Å². The summed E-state index contributed by atoms with van der Waals surface area (Å²) in [5.41, 5.74) is 10.9. The molecule has 1 aromatic carbocycles. The molecule has 0 spiro atoms. The molecule has 0 aliphatic rings. The summed E-state index contributed by atoms with van der Waals surface area (Å²) in [6, 6.07) is 4.25. The summed E-state index contributed by atoms with van der Waals surface area (Å²) in [6.07, 6.45) is 2.98. The summed E-state index contributed by atoms with van der Waals surface area (Å²) in [5.74, 6) is 0.274. The molecule has 0 fully saturated rings. The molecule has 0 saturated heterocycles. The lowest BCUT2D eigenvalue weighted by atomic mass is 9.93. The maximum Gasteiger partial charge on any atom is 0.00896 e. The van der Waals surface area contributed by atoms with E-state index in [0.29, 0.717) is 0 Å². The van der Waals surface area contributed by atoms with Gasteiger partial charge >= 0.3 is 0 Å². The molecule has 1 unspecified atom stereocenters. The van der Waals surface area contributed by atoms with Gasteiger partial charge in [-0.25, -0.2) is 0 Å². The van der Waals surface area contributed by atoms with Crippen LogP contribution in [0.1, 0.15) is 38.8 Å². The molecule has 0 bridgehead atoms. The van der Waals surface area contributed by atoms with E-state index < -0.39 is 0 Å². The first-order valence-corrected chi connectivity index (χ1v) is 7.01. The molecule has 1 aromatic rings. The minimum Gasteiger partial charge on any atom is -0.402 e. The van der Waals surface area contributed by atoms with E-state index >= 15 is 0 Å². The second-order valence-electron chi connectivity index (χ2n) is 5.72. The minimum atomic E-state index is 0.274. The molecule has 0 heterocycles. The molecule has 108 valence electrons. The molecule has 0 aliphatic carbocycles. The van der Waals surface area contributed by atoms with Crippen molar-refractivity contribution in [1.82, 2.24) is 0 Å². The molecular weight excluding hydrogens is 244 g/mol. The van der Waals surface area contributed by atoms with Gasteiger partial charge in [-0.05, 0) is 73.2 Å². The summed E-state index contributed by atoms with van der Waals surface area (Å²) in [6.45, 7) is 14.2. The summed E-state index contributed by atoms with van der Waals surface area (Å²) in [5, 5.41) is 9.89. The number of allylic oxidation sites excluding steroid dienone is 2. The van der Waals surface area contributed by atoms with Crippen molar-refractivity contribution in [3.05, 3.63) is 45.0 Å². The highest BCUT2D eigenvalue weighted by molar-refractivity contribution is 5.81. The molecule has 2 nitrogen and oxygen atoms in total. The van der Waals surface area contributed by atoms with E-state index in [4.69, 9.17) is 11.1 Å². The number of hydrogen-bond donors (Lipinski definition) is 2. The average molecular weight is 270 g/mol. The zero-order valence-corrected chi connectivity index (χ0v) is 13.3. The van der Waals surface area contributed by atoms with Crippen LogP contribution in [0.4, 0.5) is 0 Å². The number of nitrogens with two attached hydrogens (primary N) is 1. The van der Waals surface area contributed by atoms with E-state index in [9.17, 15) is 0 Å². The highest BCUT2D eigenvalue weighted by atomic mass is 14.5. The first-order valence-electron chi connectivity index (χ1n) is 7.01. The molecule has 0 aromatic heterocycles. The van der Waals surface area contributed by atoms with Crippen LogP contribution in [0.5, 0.6) is 0 Å². The van der Waals surface area contributed by atoms with Crippen molar-refractivity contribution >= 4 is 18.4 Å². The SMILES string of the molecule is C=c1c(C)c(CC(C)C(C)=N)cc/c1=C/C(C)=C(/C)N. The molecule has 0 radical (unpaired) electrons. The van der Waals surface area contributed by atoms with Crippen LogP contribution in [0.15, 0.2) is 23.4 Å². The minimum absolute atomic E-state index is 0.274. The van der Waals surface area contributed by atoms with Gasteiger partial charge in [0.25, 0.3) is 0 Å². The van der Waals surface area contributed by atoms with Gasteiger partial charge in [-0.2, -0.15) is 0 Å². The van der Waals surface area contributed by atoms with E-state index in [0.717, 1.165) is 33.8 Å². The van der Waals surface area contributed by atoms with Crippen molar-refractivity contribution < 1.29 is 0 Å². The van der Waals surface area contributed by atoms with Crippen LogP contribution in [0, 0.1) is 18.3 Å². The summed E-state index contributed by atoms with van der Waals surface area (Å²) >= 11 is 0. The number of nitrogens with one attached hydrogen (secondary N) is 1. The van der Waals surface area contributed by atoms with Gasteiger partial charge in [0.1, 0.15) is 0 Å². The van der Waals surface area contributed by atoms with Gasteiger partial charge in [0, 0.05) is 11.4 Å². The normalized spacial score (nSPS) is 14.9. The molecular formula is C18H26N2. The summed E-state index contributed by atoms with van der Waals surface area (Å²) in [7, 11) is 0. The fraction of sp³-hybridized carbons (Fsp3) is 0.389. The standard InChI is InChI=1S/C18H26N2/c1-11(15(5)19)9-17-7-8-18(14(4)13(17)3)10-12(2)16(6)20/h7-9,12,20H,3,10,19H2,1-2,4-6H3/b15-11-,17-9-,20-16?. The lowest BCUT2D eigenvalue weighted by Crippen LogP contribution is -2.28. The summed E-state index contributed by atoms with van der Waals surface area (Å²) < 4.78 is 0. The largest absolute Gasteiger partial charge is 0.402 e. The third-order valence-corrected chi connectivity index (χ3v) is 4.01. The molecule has 0 amide bonds. The highest BCUT2D eigenvalue weighted by Crippen LogP contribution is 2.10. The van der Waals surface area contributed by atoms with Crippen LogP contribution in [-0.2, 0) is 6.42 Å². The van der Waals surface area contributed by atoms with Gasteiger partial charge in [-0.1, -0.05) is 25.6 Å². The maximum absolute atomic E-state index is 7.71. The van der Waals surface area contributed by atoms with Crippen LogP contribution in [0.25, 0.3) is 12.7 Å². The lowest BCUT2D eigenvalue weighted by molar-refractivity contribution is 0.753. The van der Waals surface area contributed by atoms with Crippen molar-refractivity contribution in [2.75, 3.05) is 0 Å². The van der Waals surface area contributed by atoms with Gasteiger partial charge in [0.05, 0.1) is 0 Å². The molecule has 1 rings (SSSR count). The smallest absolute Gasteiger partial charge is 0.00896 e. The molecule has 1 atom stereocenters. The Morgan fingerprint density at radius 1 is 1.35 bits per heavy atom. The molecule has 0 saturated carbocycles. The van der Waals surface area contributed by atoms with E-state index in [1.165, 1.54) is 11.1 Å². The number of rotatable bonds is 4. The monoisotopic (exact) mass is 270 g/mol.